The first-order valence-electron chi connectivity index (χ1n) is 7.51. The smallest absolute Gasteiger partial charge is 0.307 e. The van der Waals surface area contributed by atoms with Crippen LogP contribution in [0, 0.1) is 18.6 Å². The van der Waals surface area contributed by atoms with Crippen molar-refractivity contribution >= 4 is 30.0 Å². The molecule has 0 saturated heterocycles. The second-order valence-corrected chi connectivity index (χ2v) is 5.76. The Balaban J connectivity index is 0.00000312. The summed E-state index contributed by atoms with van der Waals surface area (Å²) in [5, 5.41) is -0.00000142. The average molecular weight is 390 g/mol. The molecule has 0 heterocycles. The minimum atomic E-state index is -0.984. The van der Waals surface area contributed by atoms with Gasteiger partial charge in [-0.25, -0.2) is 8.78 Å². The predicted molar refractivity (Wildman–Crippen MR) is 97.0 cm³/mol. The van der Waals surface area contributed by atoms with E-state index in [4.69, 9.17) is 22.1 Å². The van der Waals surface area contributed by atoms with Crippen molar-refractivity contribution in [2.24, 2.45) is 5.73 Å². The summed E-state index contributed by atoms with van der Waals surface area (Å²) in [6, 6.07) is 6.54. The molecule has 0 spiro atoms. The van der Waals surface area contributed by atoms with Crippen molar-refractivity contribution in [3.05, 3.63) is 58.1 Å². The van der Waals surface area contributed by atoms with Gasteiger partial charge in [-0.1, -0.05) is 29.8 Å². The van der Waals surface area contributed by atoms with Gasteiger partial charge in [0.25, 0.3) is 0 Å². The summed E-state index contributed by atoms with van der Waals surface area (Å²) in [6.45, 7) is 3.41. The maximum Gasteiger partial charge on any atom is 0.307 e. The van der Waals surface area contributed by atoms with Crippen LogP contribution in [0.5, 0.6) is 0 Å². The van der Waals surface area contributed by atoms with Crippen LogP contribution in [0.2, 0.25) is 5.02 Å². The van der Waals surface area contributed by atoms with E-state index in [1.165, 1.54) is 19.1 Å². The maximum absolute atomic E-state index is 14.5. The molecule has 0 fully saturated rings. The molecule has 3 nitrogen and oxygen atoms in total. The quantitative estimate of drug-likeness (QED) is 0.734. The lowest BCUT2D eigenvalue weighted by molar-refractivity contribution is -0.143. The summed E-state index contributed by atoms with van der Waals surface area (Å²) in [5.74, 6) is -1.62. The minimum Gasteiger partial charge on any atom is -0.466 e. The summed E-state index contributed by atoms with van der Waals surface area (Å²) in [6.07, 6.45) is -0.218. The lowest BCUT2D eigenvalue weighted by Gasteiger charge is -2.18. The van der Waals surface area contributed by atoms with Gasteiger partial charge < -0.3 is 10.5 Å². The van der Waals surface area contributed by atoms with Crippen LogP contribution < -0.4 is 5.73 Å². The molecule has 2 N–H and O–H groups in total. The van der Waals surface area contributed by atoms with Gasteiger partial charge in [0.15, 0.2) is 0 Å². The van der Waals surface area contributed by atoms with Crippen LogP contribution in [0.1, 0.15) is 30.5 Å². The van der Waals surface area contributed by atoms with Crippen molar-refractivity contribution in [1.29, 1.82) is 0 Å². The Labute approximate surface area is 156 Å². The van der Waals surface area contributed by atoms with E-state index in [0.29, 0.717) is 5.56 Å². The first-order chi connectivity index (χ1) is 11.4. The molecule has 7 heteroatoms. The highest BCUT2D eigenvalue weighted by Gasteiger charge is 2.24. The Morgan fingerprint density at radius 1 is 1.28 bits per heavy atom. The van der Waals surface area contributed by atoms with Gasteiger partial charge in [-0.3, -0.25) is 4.79 Å². The normalized spacial score (nSPS) is 11.6. The molecule has 2 aromatic rings. The first kappa shape index (κ1) is 21.4. The number of hydrogen-bond acceptors (Lipinski definition) is 3. The SMILES string of the molecule is CCOC(=O)CC(N)c1c(F)c(C)cc(-c2ccccc2F)c1Cl.Cl. The fourth-order valence-electron chi connectivity index (χ4n) is 2.50. The zero-order chi connectivity index (χ0) is 17.9. The average Bonchev–Trinajstić information content (AvgIpc) is 2.52. The number of carbonyl (C=O) groups is 1. The third-order valence-corrected chi connectivity index (χ3v) is 4.05. The second-order valence-electron chi connectivity index (χ2n) is 5.38. The van der Waals surface area contributed by atoms with Crippen molar-refractivity contribution < 1.29 is 18.3 Å². The molecule has 0 saturated carbocycles. The van der Waals surface area contributed by atoms with Crippen LogP contribution in [0.4, 0.5) is 8.78 Å². The number of halogens is 4. The number of aryl methyl sites for hydroxylation is 1. The molecular weight excluding hydrogens is 371 g/mol. The van der Waals surface area contributed by atoms with Gasteiger partial charge in [-0.2, -0.15) is 0 Å². The van der Waals surface area contributed by atoms with Crippen molar-refractivity contribution in [2.45, 2.75) is 26.3 Å². The number of hydrogen-bond donors (Lipinski definition) is 1. The summed E-state index contributed by atoms with van der Waals surface area (Å²) in [5.41, 5.74) is 6.80. The van der Waals surface area contributed by atoms with E-state index >= 15 is 0 Å². The Kier molecular flexibility index (Phi) is 7.80. The van der Waals surface area contributed by atoms with E-state index in [-0.39, 0.29) is 47.1 Å². The van der Waals surface area contributed by atoms with Crippen molar-refractivity contribution in [3.63, 3.8) is 0 Å². The van der Waals surface area contributed by atoms with Crippen LogP contribution >= 0.6 is 24.0 Å². The Bertz CT molecular complexity index is 769. The molecule has 25 heavy (non-hydrogen) atoms. The summed E-state index contributed by atoms with van der Waals surface area (Å²) in [7, 11) is 0. The zero-order valence-corrected chi connectivity index (χ0v) is 15.4. The highest BCUT2D eigenvalue weighted by molar-refractivity contribution is 6.34. The number of nitrogens with two attached hydrogens (primary N) is 1. The summed E-state index contributed by atoms with van der Waals surface area (Å²) in [4.78, 5) is 11.6. The molecule has 0 radical (unpaired) electrons. The van der Waals surface area contributed by atoms with Crippen LogP contribution in [0.25, 0.3) is 11.1 Å². The number of carbonyl (C=O) groups excluding carboxylic acids is 1. The fourth-order valence-corrected chi connectivity index (χ4v) is 2.88. The lowest BCUT2D eigenvalue weighted by Crippen LogP contribution is -2.19. The highest BCUT2D eigenvalue weighted by atomic mass is 35.5. The lowest BCUT2D eigenvalue weighted by atomic mass is 9.94. The van der Waals surface area contributed by atoms with E-state index < -0.39 is 23.6 Å². The van der Waals surface area contributed by atoms with Crippen LogP contribution in [0.3, 0.4) is 0 Å². The van der Waals surface area contributed by atoms with E-state index in [2.05, 4.69) is 0 Å². The molecule has 136 valence electrons. The van der Waals surface area contributed by atoms with Gasteiger partial charge in [-0.15, -0.1) is 12.4 Å². The summed E-state index contributed by atoms with van der Waals surface area (Å²) >= 11 is 6.31. The van der Waals surface area contributed by atoms with E-state index in [9.17, 15) is 13.6 Å². The Hall–Kier alpha value is -1.69. The molecule has 0 amide bonds. The molecule has 2 aromatic carbocycles. The molecule has 0 aliphatic carbocycles. The van der Waals surface area contributed by atoms with E-state index in [0.717, 1.165) is 0 Å². The van der Waals surface area contributed by atoms with Gasteiger partial charge in [0.05, 0.1) is 18.1 Å². The molecule has 0 aromatic heterocycles. The monoisotopic (exact) mass is 389 g/mol. The van der Waals surface area contributed by atoms with Crippen LogP contribution in [-0.2, 0) is 9.53 Å². The molecule has 1 unspecified atom stereocenters. The van der Waals surface area contributed by atoms with Crippen molar-refractivity contribution in [1.82, 2.24) is 0 Å². The molecule has 0 aliphatic heterocycles. The topological polar surface area (TPSA) is 52.3 Å². The maximum atomic E-state index is 14.5. The van der Waals surface area contributed by atoms with Gasteiger partial charge >= 0.3 is 5.97 Å². The largest absolute Gasteiger partial charge is 0.466 e. The van der Waals surface area contributed by atoms with Crippen molar-refractivity contribution in [3.8, 4) is 11.1 Å². The van der Waals surface area contributed by atoms with E-state index in [1.54, 1.807) is 25.1 Å². The predicted octanol–water partition coefficient (Wildman–Crippen LogP) is 4.97. The highest BCUT2D eigenvalue weighted by Crippen LogP contribution is 2.38. The Morgan fingerprint density at radius 3 is 2.52 bits per heavy atom. The van der Waals surface area contributed by atoms with Crippen molar-refractivity contribution in [2.75, 3.05) is 6.61 Å². The van der Waals surface area contributed by atoms with Gasteiger partial charge in [0.1, 0.15) is 11.6 Å². The first-order valence-corrected chi connectivity index (χ1v) is 7.89. The third kappa shape index (κ3) is 4.69. The molecule has 1 atom stereocenters. The third-order valence-electron chi connectivity index (χ3n) is 3.64. The van der Waals surface area contributed by atoms with E-state index in [1.807, 2.05) is 0 Å². The van der Waals surface area contributed by atoms with Crippen LogP contribution in [0.15, 0.2) is 30.3 Å². The van der Waals surface area contributed by atoms with Gasteiger partial charge in [-0.05, 0) is 31.5 Å². The number of rotatable bonds is 5. The fraction of sp³-hybridized carbons (Fsp3) is 0.278. The molecule has 2 rings (SSSR count). The number of ether oxygens (including phenoxy) is 1. The zero-order valence-electron chi connectivity index (χ0n) is 13.8. The minimum absolute atomic E-state index is 0. The standard InChI is InChI=1S/C18H18ClF2NO2.ClH/c1-3-24-15(23)9-14(22)16-17(19)12(8-10(2)18(16)21)11-6-4-5-7-13(11)20;/h4-8,14H,3,9,22H2,1-2H3;1H. The van der Waals surface area contributed by atoms with Gasteiger partial charge in [0.2, 0.25) is 0 Å². The Morgan fingerprint density at radius 2 is 1.92 bits per heavy atom. The van der Waals surface area contributed by atoms with Crippen LogP contribution in [-0.4, -0.2) is 12.6 Å². The summed E-state index contributed by atoms with van der Waals surface area (Å²) < 4.78 is 33.4. The molecule has 0 aliphatic rings. The molecular formula is C18H19Cl2F2NO2. The van der Waals surface area contributed by atoms with Gasteiger partial charge in [0, 0.05) is 22.7 Å². The molecule has 0 bridgehead atoms. The number of benzene rings is 2. The number of esters is 1. The second kappa shape index (κ2) is 9.13.